The van der Waals surface area contributed by atoms with Gasteiger partial charge in [0.2, 0.25) is 0 Å². The summed E-state index contributed by atoms with van der Waals surface area (Å²) in [6.45, 7) is 0.858. The number of rotatable bonds is 7. The number of nitrogens with one attached hydrogen (secondary N) is 1. The molecule has 0 bridgehead atoms. The van der Waals surface area contributed by atoms with Crippen molar-refractivity contribution in [3.8, 4) is 11.1 Å². The molecule has 5 nitrogen and oxygen atoms in total. The molecule has 0 radical (unpaired) electrons. The summed E-state index contributed by atoms with van der Waals surface area (Å²) < 4.78 is 2.06. The predicted molar refractivity (Wildman–Crippen MR) is 142 cm³/mol. The van der Waals surface area contributed by atoms with E-state index in [1.54, 1.807) is 12.1 Å². The van der Waals surface area contributed by atoms with Gasteiger partial charge in [0, 0.05) is 29.7 Å². The number of hydrogen-bond acceptors (Lipinski definition) is 2. The molecule has 6 heteroatoms. The summed E-state index contributed by atoms with van der Waals surface area (Å²) in [5.74, 6) is -1.18. The Morgan fingerprint density at radius 1 is 0.806 bits per heavy atom. The molecular formula is C30H23ClN2O3. The van der Waals surface area contributed by atoms with Gasteiger partial charge in [-0.2, -0.15) is 0 Å². The molecule has 0 aliphatic rings. The van der Waals surface area contributed by atoms with Gasteiger partial charge in [-0.25, -0.2) is 4.79 Å². The van der Waals surface area contributed by atoms with E-state index in [1.165, 1.54) is 12.1 Å². The van der Waals surface area contributed by atoms with Crippen LogP contribution >= 0.6 is 11.6 Å². The van der Waals surface area contributed by atoms with Gasteiger partial charge in [-0.05, 0) is 64.7 Å². The number of aromatic nitrogens is 1. The maximum atomic E-state index is 13.5. The largest absolute Gasteiger partial charge is 0.478 e. The molecule has 4 aromatic carbocycles. The molecule has 5 rings (SSSR count). The van der Waals surface area contributed by atoms with Crippen LogP contribution in [0.1, 0.15) is 31.8 Å². The van der Waals surface area contributed by atoms with Crippen LogP contribution in [0.4, 0.5) is 0 Å². The number of aromatic carboxylic acids is 1. The van der Waals surface area contributed by atoms with E-state index in [2.05, 4.69) is 16.0 Å². The molecule has 36 heavy (non-hydrogen) atoms. The van der Waals surface area contributed by atoms with Crippen molar-refractivity contribution in [2.45, 2.75) is 13.1 Å². The third-order valence-electron chi connectivity index (χ3n) is 6.11. The van der Waals surface area contributed by atoms with Crippen molar-refractivity contribution < 1.29 is 14.7 Å². The summed E-state index contributed by atoms with van der Waals surface area (Å²) in [4.78, 5) is 24.6. The summed E-state index contributed by atoms with van der Waals surface area (Å²) in [5.41, 5.74) is 5.46. The van der Waals surface area contributed by atoms with Gasteiger partial charge in [0.15, 0.2) is 0 Å². The predicted octanol–water partition coefficient (Wildman–Crippen LogP) is 6.64. The number of nitrogens with zero attached hydrogens (tertiary/aromatic N) is 1. The summed E-state index contributed by atoms with van der Waals surface area (Å²) in [6, 6.07) is 30.2. The standard InChI is InChI=1S/C30H23ClN2O3/c31-26-8-4-5-21(15-26)19-33-14-13-24-16-25(22-6-2-1-3-7-22)17-27(28(24)33)29(34)32-18-20-9-11-23(12-10-20)30(35)36/h1-17H,18-19H2,(H,32,34)(H,35,36). The lowest BCUT2D eigenvalue weighted by Crippen LogP contribution is -2.23. The van der Waals surface area contributed by atoms with E-state index >= 15 is 0 Å². The number of carbonyl (C=O) groups excluding carboxylic acids is 1. The van der Waals surface area contributed by atoms with Gasteiger partial charge in [-0.15, -0.1) is 0 Å². The van der Waals surface area contributed by atoms with Gasteiger partial charge in [0.1, 0.15) is 0 Å². The Hall–Kier alpha value is -4.35. The topological polar surface area (TPSA) is 71.3 Å². The van der Waals surface area contributed by atoms with Crippen molar-refractivity contribution in [2.24, 2.45) is 0 Å². The minimum Gasteiger partial charge on any atom is -0.478 e. The molecule has 0 fully saturated rings. The minimum atomic E-state index is -0.980. The number of fused-ring (bicyclic) bond motifs is 1. The Labute approximate surface area is 213 Å². The first kappa shape index (κ1) is 23.4. The van der Waals surface area contributed by atoms with Gasteiger partial charge in [-0.1, -0.05) is 66.2 Å². The summed E-state index contributed by atoms with van der Waals surface area (Å²) >= 11 is 6.19. The maximum Gasteiger partial charge on any atom is 0.335 e. The molecule has 1 amide bonds. The van der Waals surface area contributed by atoms with Crippen molar-refractivity contribution in [2.75, 3.05) is 0 Å². The highest BCUT2D eigenvalue weighted by molar-refractivity contribution is 6.30. The lowest BCUT2D eigenvalue weighted by atomic mass is 9.99. The molecule has 1 aromatic heterocycles. The number of carboxylic acids is 1. The van der Waals surface area contributed by atoms with Crippen LogP contribution < -0.4 is 5.32 Å². The Morgan fingerprint density at radius 2 is 1.58 bits per heavy atom. The van der Waals surface area contributed by atoms with E-state index < -0.39 is 5.97 Å². The van der Waals surface area contributed by atoms with Gasteiger partial charge < -0.3 is 15.0 Å². The number of amides is 1. The number of benzene rings is 4. The molecule has 0 aliphatic heterocycles. The van der Waals surface area contributed by atoms with E-state index in [1.807, 2.05) is 72.9 Å². The zero-order chi connectivity index (χ0) is 25.1. The van der Waals surface area contributed by atoms with Crippen molar-refractivity contribution in [3.63, 3.8) is 0 Å². The molecule has 0 saturated carbocycles. The van der Waals surface area contributed by atoms with E-state index in [-0.39, 0.29) is 18.0 Å². The first-order valence-corrected chi connectivity index (χ1v) is 11.9. The fourth-order valence-electron chi connectivity index (χ4n) is 4.33. The molecule has 0 atom stereocenters. The Morgan fingerprint density at radius 3 is 2.31 bits per heavy atom. The smallest absolute Gasteiger partial charge is 0.335 e. The van der Waals surface area contributed by atoms with Crippen molar-refractivity contribution in [1.82, 2.24) is 9.88 Å². The van der Waals surface area contributed by atoms with Crippen LogP contribution in [0.3, 0.4) is 0 Å². The van der Waals surface area contributed by atoms with Crippen molar-refractivity contribution in [3.05, 3.63) is 131 Å². The third kappa shape index (κ3) is 5.02. The van der Waals surface area contributed by atoms with Crippen LogP contribution in [0, 0.1) is 0 Å². The quantitative estimate of drug-likeness (QED) is 0.266. The van der Waals surface area contributed by atoms with Gasteiger partial charge in [0.25, 0.3) is 5.91 Å². The molecule has 0 aliphatic carbocycles. The fraction of sp³-hybridized carbons (Fsp3) is 0.0667. The van der Waals surface area contributed by atoms with Crippen molar-refractivity contribution >= 4 is 34.4 Å². The van der Waals surface area contributed by atoms with Gasteiger partial charge >= 0.3 is 5.97 Å². The SMILES string of the molecule is O=C(O)c1ccc(CNC(=O)c2cc(-c3ccccc3)cc3ccn(Cc4cccc(Cl)c4)c23)cc1. The third-order valence-corrected chi connectivity index (χ3v) is 6.34. The second kappa shape index (κ2) is 10.1. The van der Waals surface area contributed by atoms with Crippen LogP contribution in [-0.2, 0) is 13.1 Å². The second-order valence-corrected chi connectivity index (χ2v) is 9.02. The highest BCUT2D eigenvalue weighted by Gasteiger charge is 2.17. The summed E-state index contributed by atoms with van der Waals surface area (Å²) in [7, 11) is 0. The fourth-order valence-corrected chi connectivity index (χ4v) is 4.54. The van der Waals surface area contributed by atoms with Gasteiger partial charge in [0.05, 0.1) is 16.6 Å². The number of halogens is 1. The Balaban J connectivity index is 1.51. The van der Waals surface area contributed by atoms with E-state index in [0.717, 1.165) is 33.2 Å². The van der Waals surface area contributed by atoms with Gasteiger partial charge in [-0.3, -0.25) is 4.79 Å². The zero-order valence-electron chi connectivity index (χ0n) is 19.3. The number of carboxylic acid groups (broad SMARTS) is 1. The van der Waals surface area contributed by atoms with Crippen LogP contribution in [0.5, 0.6) is 0 Å². The molecule has 1 heterocycles. The normalized spacial score (nSPS) is 10.9. The number of carbonyl (C=O) groups is 2. The van der Waals surface area contributed by atoms with Crippen LogP contribution in [0.2, 0.25) is 5.02 Å². The Bertz CT molecular complexity index is 1560. The molecular weight excluding hydrogens is 472 g/mol. The minimum absolute atomic E-state index is 0.203. The van der Waals surface area contributed by atoms with Crippen LogP contribution in [0.25, 0.3) is 22.0 Å². The van der Waals surface area contributed by atoms with E-state index in [9.17, 15) is 9.59 Å². The van der Waals surface area contributed by atoms with Crippen LogP contribution in [0.15, 0.2) is 103 Å². The summed E-state index contributed by atoms with van der Waals surface area (Å²) in [6.07, 6.45) is 1.99. The zero-order valence-corrected chi connectivity index (χ0v) is 20.1. The molecule has 2 N–H and O–H groups in total. The van der Waals surface area contributed by atoms with E-state index in [4.69, 9.17) is 16.7 Å². The second-order valence-electron chi connectivity index (χ2n) is 8.59. The molecule has 0 spiro atoms. The number of hydrogen-bond donors (Lipinski definition) is 2. The van der Waals surface area contributed by atoms with E-state index in [0.29, 0.717) is 17.1 Å². The molecule has 5 aromatic rings. The van der Waals surface area contributed by atoms with Crippen LogP contribution in [-0.4, -0.2) is 21.6 Å². The maximum absolute atomic E-state index is 13.5. The average molecular weight is 495 g/mol. The van der Waals surface area contributed by atoms with Crippen molar-refractivity contribution in [1.29, 1.82) is 0 Å². The lowest BCUT2D eigenvalue weighted by Gasteiger charge is -2.13. The first-order chi connectivity index (χ1) is 17.5. The highest BCUT2D eigenvalue weighted by atomic mass is 35.5. The average Bonchev–Trinajstić information content (AvgIpc) is 3.30. The first-order valence-electron chi connectivity index (χ1n) is 11.5. The molecule has 178 valence electrons. The molecule has 0 unspecified atom stereocenters. The Kier molecular flexibility index (Phi) is 6.56. The molecule has 0 saturated heterocycles. The lowest BCUT2D eigenvalue weighted by molar-refractivity contribution is 0.0696. The monoisotopic (exact) mass is 494 g/mol. The highest BCUT2D eigenvalue weighted by Crippen LogP contribution is 2.29. The summed E-state index contributed by atoms with van der Waals surface area (Å²) in [5, 5.41) is 13.7.